The number of carboxylic acid groups (broad SMARTS) is 2. The van der Waals surface area contributed by atoms with Crippen LogP contribution < -0.4 is 11.3 Å². The molecule has 15 heteroatoms. The number of non-ortho nitro benzene ring substituents is 1. The highest BCUT2D eigenvalue weighted by Crippen LogP contribution is 2.41. The molecule has 0 aliphatic heterocycles. The molecule has 0 aliphatic rings. The Labute approximate surface area is 190 Å². The van der Waals surface area contributed by atoms with E-state index in [1.165, 1.54) is 0 Å². The van der Waals surface area contributed by atoms with Crippen molar-refractivity contribution in [2.24, 2.45) is 0 Å². The molecule has 0 bridgehead atoms. The van der Waals surface area contributed by atoms with E-state index in [9.17, 15) is 47.9 Å². The van der Waals surface area contributed by atoms with E-state index in [1.54, 1.807) is 0 Å². The first-order chi connectivity index (χ1) is 15.8. The lowest BCUT2D eigenvalue weighted by atomic mass is 9.95. The average Bonchev–Trinajstić information content (AvgIpc) is 2.72. The van der Waals surface area contributed by atoms with Crippen LogP contribution in [-0.2, 0) is 6.18 Å². The van der Waals surface area contributed by atoms with Crippen molar-refractivity contribution in [1.82, 2.24) is 9.97 Å². The van der Waals surface area contributed by atoms with Crippen molar-refractivity contribution in [3.8, 4) is 11.1 Å². The number of nitro benzene ring substituents is 1. The second kappa shape index (κ2) is 8.86. The molecular weight excluding hydrogens is 485 g/mol. The Morgan fingerprint density at radius 1 is 1.12 bits per heavy atom. The molecule has 3 aromatic rings. The van der Waals surface area contributed by atoms with Crippen molar-refractivity contribution in [3.63, 3.8) is 0 Å². The fraction of sp³-hybridized carbons (Fsp3) is 0.0526. The summed E-state index contributed by atoms with van der Waals surface area (Å²) in [6.45, 7) is 0. The lowest BCUT2D eigenvalue weighted by molar-refractivity contribution is -0.384. The zero-order chi connectivity index (χ0) is 25.4. The maximum absolute atomic E-state index is 12.8. The van der Waals surface area contributed by atoms with Crippen molar-refractivity contribution in [2.45, 2.75) is 16.1 Å². The minimum atomic E-state index is -4.65. The molecule has 0 fully saturated rings. The average molecular weight is 496 g/mol. The first kappa shape index (κ1) is 24.2. The maximum Gasteiger partial charge on any atom is 0.417 e. The van der Waals surface area contributed by atoms with E-state index in [0.717, 1.165) is 30.3 Å². The molecule has 0 atom stereocenters. The number of alkyl halides is 3. The number of benzene rings is 1. The Kier molecular flexibility index (Phi) is 6.32. The molecule has 0 amide bonds. The summed E-state index contributed by atoms with van der Waals surface area (Å²) in [6.07, 6.45) is -4.10. The number of halogens is 3. The topological polar surface area (TPSA) is 190 Å². The number of nitrogens with zero attached hydrogens (tertiary/aromatic N) is 2. The number of hydrogen-bond donors (Lipinski definition) is 4. The molecule has 0 radical (unpaired) electrons. The van der Waals surface area contributed by atoms with E-state index in [4.69, 9.17) is 5.73 Å². The molecule has 0 saturated carbocycles. The van der Waals surface area contributed by atoms with Gasteiger partial charge in [0.1, 0.15) is 22.0 Å². The van der Waals surface area contributed by atoms with Gasteiger partial charge >= 0.3 is 18.1 Å². The lowest BCUT2D eigenvalue weighted by Gasteiger charge is -2.15. The third kappa shape index (κ3) is 4.68. The van der Waals surface area contributed by atoms with Gasteiger partial charge in [-0.05, 0) is 18.2 Å². The number of carboxylic acids is 2. The number of carbonyl (C=O) groups is 2. The Morgan fingerprint density at radius 2 is 1.76 bits per heavy atom. The van der Waals surface area contributed by atoms with E-state index in [0.29, 0.717) is 18.0 Å². The van der Waals surface area contributed by atoms with E-state index in [1.807, 2.05) is 4.98 Å². The van der Waals surface area contributed by atoms with Crippen LogP contribution in [0.15, 0.2) is 51.2 Å². The summed E-state index contributed by atoms with van der Waals surface area (Å²) >= 11 is 0.661. The van der Waals surface area contributed by atoms with Crippen molar-refractivity contribution in [2.75, 3.05) is 5.73 Å². The summed E-state index contributed by atoms with van der Waals surface area (Å²) in [4.78, 5) is 52.0. The number of hydrogen-bond acceptors (Lipinski definition) is 8. The fourth-order valence-electron chi connectivity index (χ4n) is 2.95. The van der Waals surface area contributed by atoms with Crippen LogP contribution in [0.4, 0.5) is 24.7 Å². The van der Waals surface area contributed by atoms with Crippen LogP contribution in [0.25, 0.3) is 11.1 Å². The number of aromatic carboxylic acids is 2. The summed E-state index contributed by atoms with van der Waals surface area (Å²) in [5, 5.41) is 30.5. The minimum Gasteiger partial charge on any atom is -0.478 e. The van der Waals surface area contributed by atoms with E-state index in [2.05, 4.69) is 4.98 Å². The molecule has 0 saturated heterocycles. The van der Waals surface area contributed by atoms with Gasteiger partial charge in [-0.15, -0.1) is 0 Å². The number of H-pyrrole nitrogens is 1. The predicted molar refractivity (Wildman–Crippen MR) is 111 cm³/mol. The highest BCUT2D eigenvalue weighted by atomic mass is 32.2. The Hall–Kier alpha value is -4.40. The number of rotatable bonds is 6. The summed E-state index contributed by atoms with van der Waals surface area (Å²) in [5.41, 5.74) is -0.237. The number of anilines is 1. The van der Waals surface area contributed by atoms with Gasteiger partial charge in [-0.25, -0.2) is 14.6 Å². The second-order valence-corrected chi connectivity index (χ2v) is 7.59. The SMILES string of the molecule is Nc1[nH]c(=O)c(C(=O)O)c(-c2cc([N+](=O)[O-])ccc2Sc2ccc(C(F)(F)F)cn2)c1C(=O)O. The number of nitrogen functional groups attached to an aromatic ring is 1. The summed E-state index contributed by atoms with van der Waals surface area (Å²) in [7, 11) is 0. The molecule has 2 aromatic heterocycles. The third-order valence-corrected chi connectivity index (χ3v) is 5.42. The van der Waals surface area contributed by atoms with Gasteiger partial charge in [-0.2, -0.15) is 13.2 Å². The first-order valence-corrected chi connectivity index (χ1v) is 9.65. The van der Waals surface area contributed by atoms with Gasteiger partial charge in [0, 0.05) is 34.4 Å². The molecule has 34 heavy (non-hydrogen) atoms. The maximum atomic E-state index is 12.8. The van der Waals surface area contributed by atoms with E-state index in [-0.39, 0.29) is 15.5 Å². The molecule has 0 spiro atoms. The molecule has 176 valence electrons. The minimum absolute atomic E-state index is 0.0327. The highest BCUT2D eigenvalue weighted by Gasteiger charge is 2.31. The number of nitrogens with two attached hydrogens (primary N) is 1. The number of aromatic amines is 1. The Balaban J connectivity index is 2.32. The molecule has 0 unspecified atom stereocenters. The zero-order valence-corrected chi connectivity index (χ0v) is 17.2. The van der Waals surface area contributed by atoms with Gasteiger partial charge in [0.15, 0.2) is 0 Å². The predicted octanol–water partition coefficient (Wildman–Crippen LogP) is 3.49. The van der Waals surface area contributed by atoms with Crippen LogP contribution >= 0.6 is 11.8 Å². The second-order valence-electron chi connectivity index (χ2n) is 6.53. The van der Waals surface area contributed by atoms with Gasteiger partial charge in [0.05, 0.1) is 10.5 Å². The van der Waals surface area contributed by atoms with Crippen molar-refractivity contribution < 1.29 is 37.9 Å². The number of aromatic nitrogens is 2. The van der Waals surface area contributed by atoms with Crippen molar-refractivity contribution >= 4 is 35.2 Å². The molecule has 1 aromatic carbocycles. The van der Waals surface area contributed by atoms with Crippen molar-refractivity contribution in [1.29, 1.82) is 0 Å². The van der Waals surface area contributed by atoms with Crippen LogP contribution in [0.2, 0.25) is 0 Å². The molecule has 11 nitrogen and oxygen atoms in total. The first-order valence-electron chi connectivity index (χ1n) is 8.83. The van der Waals surface area contributed by atoms with Crippen LogP contribution in [0.5, 0.6) is 0 Å². The van der Waals surface area contributed by atoms with Crippen molar-refractivity contribution in [3.05, 3.63) is 73.7 Å². The van der Waals surface area contributed by atoms with Crippen LogP contribution in [-0.4, -0.2) is 37.0 Å². The number of nitro groups is 1. The quantitative estimate of drug-likeness (QED) is 0.290. The van der Waals surface area contributed by atoms with Crippen LogP contribution in [0.1, 0.15) is 26.3 Å². The molecule has 5 N–H and O–H groups in total. The monoisotopic (exact) mass is 496 g/mol. The van der Waals surface area contributed by atoms with Gasteiger partial charge in [-0.1, -0.05) is 11.8 Å². The Morgan fingerprint density at radius 3 is 2.26 bits per heavy atom. The largest absolute Gasteiger partial charge is 0.478 e. The number of pyridine rings is 2. The summed E-state index contributed by atoms with van der Waals surface area (Å²) in [5.74, 6) is -4.28. The highest BCUT2D eigenvalue weighted by molar-refractivity contribution is 7.99. The van der Waals surface area contributed by atoms with Gasteiger partial charge in [-0.3, -0.25) is 14.9 Å². The summed E-state index contributed by atoms with van der Waals surface area (Å²) in [6, 6.07) is 4.69. The molecular formula is C19H11F3N4O7S. The zero-order valence-electron chi connectivity index (χ0n) is 16.4. The standard InChI is InChI=1S/C19H11F3N4O7S/c20-19(21,22)7-1-4-11(24-6-7)34-10-3-2-8(26(32)33)5-9(10)12-13(17(28)29)15(23)25-16(27)14(12)18(30)31/h1-6H,(H,28,29)(H,30,31)(H3,23,25,27). The summed E-state index contributed by atoms with van der Waals surface area (Å²) < 4.78 is 38.4. The molecule has 3 rings (SSSR count). The fourth-order valence-corrected chi connectivity index (χ4v) is 3.83. The third-order valence-electron chi connectivity index (χ3n) is 4.39. The van der Waals surface area contributed by atoms with Crippen LogP contribution in [0.3, 0.4) is 0 Å². The lowest BCUT2D eigenvalue weighted by Crippen LogP contribution is -2.24. The van der Waals surface area contributed by atoms with Gasteiger partial charge in [0.25, 0.3) is 11.2 Å². The number of nitrogens with one attached hydrogen (secondary N) is 1. The van der Waals surface area contributed by atoms with E-state index < -0.39 is 62.4 Å². The molecule has 0 aliphatic carbocycles. The van der Waals surface area contributed by atoms with Gasteiger partial charge in [0.2, 0.25) is 0 Å². The van der Waals surface area contributed by atoms with E-state index >= 15 is 0 Å². The normalized spacial score (nSPS) is 11.3. The van der Waals surface area contributed by atoms with Gasteiger partial charge < -0.3 is 20.9 Å². The van der Waals surface area contributed by atoms with Crippen LogP contribution in [0, 0.1) is 10.1 Å². The smallest absolute Gasteiger partial charge is 0.417 e. The molecule has 2 heterocycles. The Bertz CT molecular complexity index is 1390.